The highest BCUT2D eigenvalue weighted by Gasteiger charge is 2.19. The van der Waals surface area contributed by atoms with E-state index < -0.39 is 6.10 Å². The van der Waals surface area contributed by atoms with E-state index in [1.807, 2.05) is 0 Å². The van der Waals surface area contributed by atoms with Crippen molar-refractivity contribution in [2.45, 2.75) is 284 Å². The standard InChI is InChI=1S/C57H102O6/c1-4-7-10-13-16-19-22-25-27-28-30-33-36-39-42-45-48-51-57(60)63-54(52-61-55(58)49-46-43-40-37-34-31-24-21-18-15-12-9-6-3)53-62-56(59)50-47-44-41-38-35-32-29-26-23-20-17-14-11-8-5-2/h16,19,25-27,29-30,33,54H,4-15,17-18,20-24,28,31-32,34-53H2,1-3H3/b19-16-,27-25-,29-26-,33-30-/t54-/m0/s1. The molecule has 0 aromatic carbocycles. The summed E-state index contributed by atoms with van der Waals surface area (Å²) in [5, 5.41) is 0. The molecule has 0 aromatic rings. The Hall–Kier alpha value is -2.63. The molecule has 0 unspecified atom stereocenters. The first kappa shape index (κ1) is 60.4. The number of esters is 3. The molecule has 6 heteroatoms. The molecule has 0 radical (unpaired) electrons. The van der Waals surface area contributed by atoms with Gasteiger partial charge in [-0.2, -0.15) is 0 Å². The SMILES string of the molecule is CCCCC/C=C\C/C=C\C/C=C\CCCCCCC(=O)O[C@H](COC(=O)CCCCCCC/C=C\CCCCCCCC)COC(=O)CCCCCCCCCCCCCCC. The Kier molecular flexibility index (Phi) is 49.8. The lowest BCUT2D eigenvalue weighted by atomic mass is 10.0. The first-order chi connectivity index (χ1) is 31.0. The predicted octanol–water partition coefficient (Wildman–Crippen LogP) is 17.9. The van der Waals surface area contributed by atoms with E-state index >= 15 is 0 Å². The van der Waals surface area contributed by atoms with Crippen LogP contribution in [0.3, 0.4) is 0 Å². The summed E-state index contributed by atoms with van der Waals surface area (Å²) in [7, 11) is 0. The van der Waals surface area contributed by atoms with Gasteiger partial charge in [0.15, 0.2) is 6.10 Å². The maximum atomic E-state index is 12.8. The Balaban J connectivity index is 4.42. The Labute approximate surface area is 390 Å². The second kappa shape index (κ2) is 52.0. The number of hydrogen-bond donors (Lipinski definition) is 0. The maximum absolute atomic E-state index is 12.8. The molecule has 0 aliphatic heterocycles. The van der Waals surface area contributed by atoms with Crippen LogP contribution in [0, 0.1) is 0 Å². The van der Waals surface area contributed by atoms with Gasteiger partial charge in [-0.3, -0.25) is 14.4 Å². The van der Waals surface area contributed by atoms with Crippen LogP contribution in [0.15, 0.2) is 48.6 Å². The van der Waals surface area contributed by atoms with Crippen LogP contribution >= 0.6 is 0 Å². The lowest BCUT2D eigenvalue weighted by Crippen LogP contribution is -2.30. The van der Waals surface area contributed by atoms with Crippen molar-refractivity contribution in [3.8, 4) is 0 Å². The van der Waals surface area contributed by atoms with Gasteiger partial charge in [-0.25, -0.2) is 0 Å². The maximum Gasteiger partial charge on any atom is 0.306 e. The Morgan fingerprint density at radius 2 is 0.571 bits per heavy atom. The van der Waals surface area contributed by atoms with Gasteiger partial charge in [0, 0.05) is 19.3 Å². The third-order valence-electron chi connectivity index (χ3n) is 11.8. The zero-order valence-electron chi connectivity index (χ0n) is 41.8. The lowest BCUT2D eigenvalue weighted by molar-refractivity contribution is -0.167. The van der Waals surface area contributed by atoms with Crippen LogP contribution in [0.2, 0.25) is 0 Å². The summed E-state index contributed by atoms with van der Waals surface area (Å²) >= 11 is 0. The summed E-state index contributed by atoms with van der Waals surface area (Å²) in [6.07, 6.45) is 62.3. The van der Waals surface area contributed by atoms with Crippen molar-refractivity contribution < 1.29 is 28.6 Å². The largest absolute Gasteiger partial charge is 0.462 e. The Morgan fingerprint density at radius 3 is 0.937 bits per heavy atom. The van der Waals surface area contributed by atoms with Gasteiger partial charge in [-0.15, -0.1) is 0 Å². The van der Waals surface area contributed by atoms with Crippen molar-refractivity contribution in [2.75, 3.05) is 13.2 Å². The van der Waals surface area contributed by atoms with Crippen molar-refractivity contribution in [1.29, 1.82) is 0 Å². The van der Waals surface area contributed by atoms with E-state index in [1.165, 1.54) is 148 Å². The molecule has 0 fully saturated rings. The van der Waals surface area contributed by atoms with E-state index in [9.17, 15) is 14.4 Å². The quantitative estimate of drug-likeness (QED) is 0.0262. The third kappa shape index (κ3) is 50.2. The van der Waals surface area contributed by atoms with Crippen LogP contribution in [0.1, 0.15) is 278 Å². The van der Waals surface area contributed by atoms with Crippen molar-refractivity contribution in [3.05, 3.63) is 48.6 Å². The molecule has 0 saturated heterocycles. The third-order valence-corrected chi connectivity index (χ3v) is 11.8. The minimum absolute atomic E-state index is 0.0824. The van der Waals surface area contributed by atoms with Gasteiger partial charge in [-0.1, -0.05) is 223 Å². The molecule has 0 heterocycles. The number of carbonyl (C=O) groups is 3. The molecule has 63 heavy (non-hydrogen) atoms. The van der Waals surface area contributed by atoms with Crippen LogP contribution in [0.5, 0.6) is 0 Å². The molecule has 0 amide bonds. The normalized spacial score (nSPS) is 12.4. The molecular formula is C57H102O6. The van der Waals surface area contributed by atoms with E-state index in [0.717, 1.165) is 89.9 Å². The van der Waals surface area contributed by atoms with Crippen LogP contribution in [-0.4, -0.2) is 37.2 Å². The number of rotatable bonds is 49. The summed E-state index contributed by atoms with van der Waals surface area (Å²) in [6.45, 7) is 6.60. The molecule has 0 N–H and O–H groups in total. The van der Waals surface area contributed by atoms with E-state index in [2.05, 4.69) is 69.4 Å². The van der Waals surface area contributed by atoms with Gasteiger partial charge in [0.05, 0.1) is 0 Å². The summed E-state index contributed by atoms with van der Waals surface area (Å²) in [6, 6.07) is 0. The fourth-order valence-electron chi connectivity index (χ4n) is 7.68. The molecule has 0 rings (SSSR count). The average molecular weight is 883 g/mol. The highest BCUT2D eigenvalue weighted by Crippen LogP contribution is 2.15. The number of allylic oxidation sites excluding steroid dienone is 8. The summed E-state index contributed by atoms with van der Waals surface area (Å²) in [5.74, 6) is -0.903. The fourth-order valence-corrected chi connectivity index (χ4v) is 7.68. The van der Waals surface area contributed by atoms with Crippen molar-refractivity contribution in [1.82, 2.24) is 0 Å². The van der Waals surface area contributed by atoms with Crippen LogP contribution in [0.25, 0.3) is 0 Å². The minimum Gasteiger partial charge on any atom is -0.462 e. The monoisotopic (exact) mass is 883 g/mol. The molecule has 0 aromatic heterocycles. The van der Waals surface area contributed by atoms with Gasteiger partial charge in [-0.05, 0) is 83.5 Å². The Morgan fingerprint density at radius 1 is 0.317 bits per heavy atom. The molecular weight excluding hydrogens is 781 g/mol. The number of hydrogen-bond acceptors (Lipinski definition) is 6. The first-order valence-corrected chi connectivity index (χ1v) is 27.1. The molecule has 1 atom stereocenters. The number of ether oxygens (including phenoxy) is 3. The van der Waals surface area contributed by atoms with E-state index in [-0.39, 0.29) is 31.1 Å². The van der Waals surface area contributed by atoms with Gasteiger partial charge < -0.3 is 14.2 Å². The second-order valence-electron chi connectivity index (χ2n) is 18.1. The molecule has 0 aliphatic carbocycles. The molecule has 6 nitrogen and oxygen atoms in total. The first-order valence-electron chi connectivity index (χ1n) is 27.1. The van der Waals surface area contributed by atoms with Gasteiger partial charge >= 0.3 is 17.9 Å². The average Bonchev–Trinajstić information content (AvgIpc) is 3.28. The highest BCUT2D eigenvalue weighted by atomic mass is 16.6. The number of carbonyl (C=O) groups excluding carboxylic acids is 3. The predicted molar refractivity (Wildman–Crippen MR) is 270 cm³/mol. The summed E-state index contributed by atoms with van der Waals surface area (Å²) < 4.78 is 16.8. The van der Waals surface area contributed by atoms with Crippen molar-refractivity contribution in [3.63, 3.8) is 0 Å². The van der Waals surface area contributed by atoms with Crippen molar-refractivity contribution in [2.24, 2.45) is 0 Å². The minimum atomic E-state index is -0.785. The van der Waals surface area contributed by atoms with E-state index in [1.54, 1.807) is 0 Å². The van der Waals surface area contributed by atoms with Crippen LogP contribution in [0.4, 0.5) is 0 Å². The molecule has 0 bridgehead atoms. The molecule has 0 aliphatic rings. The summed E-state index contributed by atoms with van der Waals surface area (Å²) in [5.41, 5.74) is 0. The van der Waals surface area contributed by atoms with Gasteiger partial charge in [0.2, 0.25) is 0 Å². The molecule has 366 valence electrons. The van der Waals surface area contributed by atoms with Crippen LogP contribution < -0.4 is 0 Å². The van der Waals surface area contributed by atoms with E-state index in [4.69, 9.17) is 14.2 Å². The smallest absolute Gasteiger partial charge is 0.306 e. The topological polar surface area (TPSA) is 78.9 Å². The second-order valence-corrected chi connectivity index (χ2v) is 18.1. The summed E-state index contributed by atoms with van der Waals surface area (Å²) in [4.78, 5) is 38.0. The van der Waals surface area contributed by atoms with E-state index in [0.29, 0.717) is 19.3 Å². The Bertz CT molecular complexity index is 1110. The fraction of sp³-hybridized carbons (Fsp3) is 0.807. The van der Waals surface area contributed by atoms with Crippen molar-refractivity contribution >= 4 is 17.9 Å². The highest BCUT2D eigenvalue weighted by molar-refractivity contribution is 5.71. The zero-order valence-corrected chi connectivity index (χ0v) is 41.8. The molecule has 0 saturated carbocycles. The zero-order chi connectivity index (χ0) is 45.8. The molecule has 0 spiro atoms. The van der Waals surface area contributed by atoms with Gasteiger partial charge in [0.25, 0.3) is 0 Å². The lowest BCUT2D eigenvalue weighted by Gasteiger charge is -2.18. The van der Waals surface area contributed by atoms with Crippen LogP contribution in [-0.2, 0) is 28.6 Å². The van der Waals surface area contributed by atoms with Gasteiger partial charge in [0.1, 0.15) is 13.2 Å². The number of unbranched alkanes of at least 4 members (excludes halogenated alkanes) is 30.